The fourth-order valence-electron chi connectivity index (χ4n) is 2.13. The van der Waals surface area contributed by atoms with E-state index in [0.717, 1.165) is 22.7 Å². The summed E-state index contributed by atoms with van der Waals surface area (Å²) in [5.41, 5.74) is 8.12. The second kappa shape index (κ2) is 6.41. The van der Waals surface area contributed by atoms with Crippen molar-refractivity contribution in [2.24, 2.45) is 12.8 Å². The van der Waals surface area contributed by atoms with Crippen LogP contribution in [0.4, 0.5) is 4.39 Å². The summed E-state index contributed by atoms with van der Waals surface area (Å²) in [6, 6.07) is 8.68. The summed E-state index contributed by atoms with van der Waals surface area (Å²) in [6.07, 6.45) is 0.838. The van der Waals surface area contributed by atoms with E-state index in [1.54, 1.807) is 23.9 Å². The molecule has 1 aromatic heterocycles. The largest absolute Gasteiger partial charge is 0.326 e. The quantitative estimate of drug-likeness (QED) is 0.859. The fourth-order valence-corrected chi connectivity index (χ4v) is 3.47. The van der Waals surface area contributed by atoms with Gasteiger partial charge in [0.1, 0.15) is 5.82 Å². The van der Waals surface area contributed by atoms with Gasteiger partial charge in [-0.3, -0.25) is 4.68 Å². The van der Waals surface area contributed by atoms with Crippen molar-refractivity contribution in [2.45, 2.75) is 36.6 Å². The van der Waals surface area contributed by atoms with Crippen molar-refractivity contribution >= 4 is 11.8 Å². The average Bonchev–Trinajstić information content (AvgIpc) is 2.73. The number of benzene rings is 1. The zero-order valence-electron chi connectivity index (χ0n) is 12.0. The first kappa shape index (κ1) is 15.1. The number of rotatable bonds is 5. The van der Waals surface area contributed by atoms with Crippen LogP contribution in [0.1, 0.15) is 29.9 Å². The number of aryl methyl sites for hydroxylation is 2. The second-order valence-electron chi connectivity index (χ2n) is 4.91. The molecule has 20 heavy (non-hydrogen) atoms. The Morgan fingerprint density at radius 3 is 2.70 bits per heavy atom. The van der Waals surface area contributed by atoms with Crippen molar-refractivity contribution in [1.82, 2.24) is 9.78 Å². The first-order valence-corrected chi connectivity index (χ1v) is 7.57. The van der Waals surface area contributed by atoms with Gasteiger partial charge in [0, 0.05) is 13.1 Å². The highest BCUT2D eigenvalue weighted by Crippen LogP contribution is 2.38. The SMILES string of the molecule is CCC(N)C(Sc1cc(C)nn1C)c1cccc(F)c1. The number of hydrogen-bond donors (Lipinski definition) is 1. The second-order valence-corrected chi connectivity index (χ2v) is 6.07. The number of hydrogen-bond acceptors (Lipinski definition) is 3. The molecule has 0 aliphatic carbocycles. The Labute approximate surface area is 123 Å². The Kier molecular flexibility index (Phi) is 4.83. The summed E-state index contributed by atoms with van der Waals surface area (Å²) in [4.78, 5) is 0. The average molecular weight is 293 g/mol. The minimum atomic E-state index is -0.224. The summed E-state index contributed by atoms with van der Waals surface area (Å²) in [6.45, 7) is 4.01. The standard InChI is InChI=1S/C15H20FN3S/c1-4-13(17)15(11-6-5-7-12(16)9-11)20-14-8-10(2)18-19(14)3/h5-9,13,15H,4,17H2,1-3H3. The first-order valence-electron chi connectivity index (χ1n) is 6.69. The molecular weight excluding hydrogens is 273 g/mol. The Hall–Kier alpha value is -1.33. The third-order valence-corrected chi connectivity index (χ3v) is 4.74. The van der Waals surface area contributed by atoms with Gasteiger partial charge in [0.15, 0.2) is 0 Å². The first-order chi connectivity index (χ1) is 9.51. The molecule has 0 fully saturated rings. The Morgan fingerprint density at radius 1 is 1.40 bits per heavy atom. The molecule has 1 aromatic carbocycles. The summed E-state index contributed by atoms with van der Waals surface area (Å²) in [5.74, 6) is -0.224. The summed E-state index contributed by atoms with van der Waals surface area (Å²) in [7, 11) is 1.91. The van der Waals surface area contributed by atoms with Gasteiger partial charge < -0.3 is 5.73 Å². The molecule has 0 saturated carbocycles. The molecule has 0 radical (unpaired) electrons. The van der Waals surface area contributed by atoms with Crippen LogP contribution in [0.3, 0.4) is 0 Å². The van der Waals surface area contributed by atoms with Gasteiger partial charge in [0.2, 0.25) is 0 Å². The summed E-state index contributed by atoms with van der Waals surface area (Å²) >= 11 is 1.64. The number of nitrogens with zero attached hydrogens (tertiary/aromatic N) is 2. The third-order valence-electron chi connectivity index (χ3n) is 3.24. The van der Waals surface area contributed by atoms with Crippen LogP contribution in [-0.4, -0.2) is 15.8 Å². The molecule has 2 unspecified atom stereocenters. The maximum atomic E-state index is 13.4. The van der Waals surface area contributed by atoms with E-state index in [1.165, 1.54) is 6.07 Å². The van der Waals surface area contributed by atoms with Gasteiger partial charge in [0.05, 0.1) is 16.0 Å². The van der Waals surface area contributed by atoms with Crippen molar-refractivity contribution in [3.63, 3.8) is 0 Å². The highest BCUT2D eigenvalue weighted by molar-refractivity contribution is 7.99. The van der Waals surface area contributed by atoms with Gasteiger partial charge in [-0.05, 0) is 37.1 Å². The predicted molar refractivity (Wildman–Crippen MR) is 81.2 cm³/mol. The van der Waals surface area contributed by atoms with E-state index >= 15 is 0 Å². The molecule has 5 heteroatoms. The minimum Gasteiger partial charge on any atom is -0.326 e. The topological polar surface area (TPSA) is 43.8 Å². The molecule has 0 bridgehead atoms. The smallest absolute Gasteiger partial charge is 0.123 e. The molecule has 0 aliphatic rings. The van der Waals surface area contributed by atoms with Gasteiger partial charge in [-0.1, -0.05) is 30.8 Å². The molecular formula is C15H20FN3S. The van der Waals surface area contributed by atoms with Gasteiger partial charge >= 0.3 is 0 Å². The van der Waals surface area contributed by atoms with E-state index in [2.05, 4.69) is 5.10 Å². The Bertz CT molecular complexity index is 582. The molecule has 0 saturated heterocycles. The molecule has 1 heterocycles. The minimum absolute atomic E-state index is 0.0190. The van der Waals surface area contributed by atoms with Crippen molar-refractivity contribution < 1.29 is 4.39 Å². The lowest BCUT2D eigenvalue weighted by Gasteiger charge is -2.22. The molecule has 2 aromatic rings. The number of halogens is 1. The zero-order chi connectivity index (χ0) is 14.7. The highest BCUT2D eigenvalue weighted by Gasteiger charge is 2.22. The lowest BCUT2D eigenvalue weighted by Crippen LogP contribution is -2.26. The molecule has 2 atom stereocenters. The van der Waals surface area contributed by atoms with Crippen LogP contribution in [0.25, 0.3) is 0 Å². The predicted octanol–water partition coefficient (Wildman–Crippen LogP) is 3.44. The van der Waals surface area contributed by atoms with E-state index in [4.69, 9.17) is 5.73 Å². The van der Waals surface area contributed by atoms with Crippen LogP contribution >= 0.6 is 11.8 Å². The zero-order valence-corrected chi connectivity index (χ0v) is 12.8. The van der Waals surface area contributed by atoms with Crippen molar-refractivity contribution in [1.29, 1.82) is 0 Å². The molecule has 3 nitrogen and oxygen atoms in total. The summed E-state index contributed by atoms with van der Waals surface area (Å²) in [5, 5.41) is 5.40. The van der Waals surface area contributed by atoms with Gasteiger partial charge in [0.25, 0.3) is 0 Å². The van der Waals surface area contributed by atoms with E-state index in [9.17, 15) is 4.39 Å². The van der Waals surface area contributed by atoms with Gasteiger partial charge in [-0.15, -0.1) is 0 Å². The molecule has 0 aliphatic heterocycles. The van der Waals surface area contributed by atoms with Crippen molar-refractivity contribution in [3.05, 3.63) is 47.4 Å². The third kappa shape index (κ3) is 3.41. The monoisotopic (exact) mass is 293 g/mol. The van der Waals surface area contributed by atoms with Crippen LogP contribution in [0, 0.1) is 12.7 Å². The maximum Gasteiger partial charge on any atom is 0.123 e. The van der Waals surface area contributed by atoms with Gasteiger partial charge in [-0.25, -0.2) is 4.39 Å². The molecule has 108 valence electrons. The van der Waals surface area contributed by atoms with Gasteiger partial charge in [-0.2, -0.15) is 5.10 Å². The van der Waals surface area contributed by atoms with Crippen LogP contribution in [-0.2, 0) is 7.05 Å². The number of thioether (sulfide) groups is 1. The van der Waals surface area contributed by atoms with Crippen molar-refractivity contribution in [2.75, 3.05) is 0 Å². The van der Waals surface area contributed by atoms with Crippen LogP contribution in [0.2, 0.25) is 0 Å². The van der Waals surface area contributed by atoms with E-state index in [-0.39, 0.29) is 17.1 Å². The number of aromatic nitrogens is 2. The van der Waals surface area contributed by atoms with Crippen LogP contribution < -0.4 is 5.73 Å². The Morgan fingerprint density at radius 2 is 2.15 bits per heavy atom. The van der Waals surface area contributed by atoms with Crippen molar-refractivity contribution in [3.8, 4) is 0 Å². The van der Waals surface area contributed by atoms with E-state index in [1.807, 2.05) is 37.7 Å². The maximum absolute atomic E-state index is 13.4. The van der Waals surface area contributed by atoms with E-state index in [0.29, 0.717) is 0 Å². The molecule has 0 spiro atoms. The molecule has 2 N–H and O–H groups in total. The summed E-state index contributed by atoms with van der Waals surface area (Å²) < 4.78 is 15.3. The lowest BCUT2D eigenvalue weighted by atomic mass is 10.0. The van der Waals surface area contributed by atoms with Crippen LogP contribution in [0.15, 0.2) is 35.4 Å². The normalized spacial score (nSPS) is 14.2. The molecule has 2 rings (SSSR count). The fraction of sp³-hybridized carbons (Fsp3) is 0.400. The highest BCUT2D eigenvalue weighted by atomic mass is 32.2. The Balaban J connectivity index is 2.31. The molecule has 0 amide bonds. The lowest BCUT2D eigenvalue weighted by molar-refractivity contribution is 0.608. The number of nitrogens with two attached hydrogens (primary N) is 1. The van der Waals surface area contributed by atoms with Crippen LogP contribution in [0.5, 0.6) is 0 Å². The van der Waals surface area contributed by atoms with E-state index < -0.39 is 0 Å².